The molecule has 0 bridgehead atoms. The van der Waals surface area contributed by atoms with Crippen molar-refractivity contribution in [2.24, 2.45) is 0 Å². The zero-order valence-corrected chi connectivity index (χ0v) is 14.2. The Bertz CT molecular complexity index is 554. The average molecular weight is 348 g/mol. The van der Waals surface area contributed by atoms with Gasteiger partial charge in [-0.15, -0.1) is 0 Å². The molecular weight excluding hydrogens is 326 g/mol. The standard InChI is InChI=1S/C17H22BrN3/c1-3-19-10-14-8-9-16(20-11-14)13-21(2)12-15-6-4-5-7-17(15)18/h4-9,11,19H,3,10,12-13H2,1-2H3. The van der Waals surface area contributed by atoms with Gasteiger partial charge in [0.2, 0.25) is 0 Å². The van der Waals surface area contributed by atoms with E-state index >= 15 is 0 Å². The van der Waals surface area contributed by atoms with Gasteiger partial charge in [0.15, 0.2) is 0 Å². The normalized spacial score (nSPS) is 11.0. The maximum Gasteiger partial charge on any atom is 0.0544 e. The molecule has 0 amide bonds. The number of hydrogen-bond acceptors (Lipinski definition) is 3. The molecule has 0 aliphatic rings. The molecule has 0 atom stereocenters. The molecule has 3 nitrogen and oxygen atoms in total. The lowest BCUT2D eigenvalue weighted by Gasteiger charge is -2.17. The number of halogens is 1. The Morgan fingerprint density at radius 2 is 1.95 bits per heavy atom. The highest BCUT2D eigenvalue weighted by Crippen LogP contribution is 2.17. The molecule has 1 aromatic carbocycles. The third-order valence-corrected chi connectivity index (χ3v) is 4.07. The molecule has 1 aromatic heterocycles. The molecule has 2 aromatic rings. The van der Waals surface area contributed by atoms with Crippen LogP contribution in [0.5, 0.6) is 0 Å². The average Bonchev–Trinajstić information content (AvgIpc) is 2.49. The summed E-state index contributed by atoms with van der Waals surface area (Å²) in [7, 11) is 2.12. The lowest BCUT2D eigenvalue weighted by molar-refractivity contribution is 0.314. The van der Waals surface area contributed by atoms with Crippen molar-refractivity contribution in [2.45, 2.75) is 26.6 Å². The minimum absolute atomic E-state index is 0.850. The van der Waals surface area contributed by atoms with Crippen molar-refractivity contribution in [1.82, 2.24) is 15.2 Å². The van der Waals surface area contributed by atoms with E-state index in [1.807, 2.05) is 12.3 Å². The van der Waals surface area contributed by atoms with Gasteiger partial charge in [0.05, 0.1) is 5.69 Å². The fourth-order valence-corrected chi connectivity index (χ4v) is 2.58. The summed E-state index contributed by atoms with van der Waals surface area (Å²) in [6, 6.07) is 12.6. The molecule has 0 saturated heterocycles. The van der Waals surface area contributed by atoms with E-state index in [9.17, 15) is 0 Å². The van der Waals surface area contributed by atoms with E-state index in [-0.39, 0.29) is 0 Å². The Balaban J connectivity index is 1.90. The number of benzene rings is 1. The minimum Gasteiger partial charge on any atom is -0.313 e. The second-order valence-electron chi connectivity index (χ2n) is 5.20. The Morgan fingerprint density at radius 1 is 1.14 bits per heavy atom. The van der Waals surface area contributed by atoms with Gasteiger partial charge in [0.1, 0.15) is 0 Å². The topological polar surface area (TPSA) is 28.2 Å². The smallest absolute Gasteiger partial charge is 0.0544 e. The number of rotatable bonds is 7. The Morgan fingerprint density at radius 3 is 2.62 bits per heavy atom. The van der Waals surface area contributed by atoms with Gasteiger partial charge in [-0.25, -0.2) is 0 Å². The van der Waals surface area contributed by atoms with Crippen LogP contribution in [-0.4, -0.2) is 23.5 Å². The highest BCUT2D eigenvalue weighted by atomic mass is 79.9. The quantitative estimate of drug-likeness (QED) is 0.829. The lowest BCUT2D eigenvalue weighted by Crippen LogP contribution is -2.18. The molecule has 21 heavy (non-hydrogen) atoms. The van der Waals surface area contributed by atoms with Gasteiger partial charge in [-0.05, 0) is 36.9 Å². The summed E-state index contributed by atoms with van der Waals surface area (Å²) in [5, 5.41) is 3.31. The molecule has 1 N–H and O–H groups in total. The van der Waals surface area contributed by atoms with E-state index in [1.54, 1.807) is 0 Å². The maximum atomic E-state index is 4.54. The highest BCUT2D eigenvalue weighted by molar-refractivity contribution is 9.10. The number of aromatic nitrogens is 1. The predicted molar refractivity (Wildman–Crippen MR) is 90.9 cm³/mol. The molecule has 0 aliphatic carbocycles. The number of nitrogens with zero attached hydrogens (tertiary/aromatic N) is 2. The summed E-state index contributed by atoms with van der Waals surface area (Å²) in [6.07, 6.45) is 1.96. The van der Waals surface area contributed by atoms with E-state index in [0.29, 0.717) is 0 Å². The Kier molecular flexibility index (Phi) is 6.36. The summed E-state index contributed by atoms with van der Waals surface area (Å²) in [5.74, 6) is 0. The Labute approximate surface area is 135 Å². The van der Waals surface area contributed by atoms with Crippen LogP contribution >= 0.6 is 15.9 Å². The van der Waals surface area contributed by atoms with E-state index in [4.69, 9.17) is 0 Å². The van der Waals surface area contributed by atoms with Gasteiger partial charge < -0.3 is 5.32 Å². The third kappa shape index (κ3) is 5.23. The van der Waals surface area contributed by atoms with Crippen molar-refractivity contribution in [3.63, 3.8) is 0 Å². The summed E-state index contributed by atoms with van der Waals surface area (Å²) >= 11 is 3.59. The van der Waals surface area contributed by atoms with Crippen LogP contribution in [0.1, 0.15) is 23.7 Å². The Hall–Kier alpha value is -1.23. The molecule has 0 aliphatic heterocycles. The molecule has 1 heterocycles. The van der Waals surface area contributed by atoms with Crippen LogP contribution in [0.4, 0.5) is 0 Å². The highest BCUT2D eigenvalue weighted by Gasteiger charge is 2.05. The molecule has 0 saturated carbocycles. The van der Waals surface area contributed by atoms with Gasteiger partial charge in [-0.3, -0.25) is 9.88 Å². The zero-order valence-electron chi connectivity index (χ0n) is 12.6. The van der Waals surface area contributed by atoms with Gasteiger partial charge in [0.25, 0.3) is 0 Å². The first-order chi connectivity index (χ1) is 10.2. The van der Waals surface area contributed by atoms with Crippen molar-refractivity contribution in [1.29, 1.82) is 0 Å². The molecular formula is C17H22BrN3. The fraction of sp³-hybridized carbons (Fsp3) is 0.353. The minimum atomic E-state index is 0.850. The van der Waals surface area contributed by atoms with E-state index in [2.05, 4.69) is 75.4 Å². The van der Waals surface area contributed by atoms with Crippen LogP contribution in [0.15, 0.2) is 47.1 Å². The van der Waals surface area contributed by atoms with E-state index in [0.717, 1.165) is 36.3 Å². The summed E-state index contributed by atoms with van der Waals surface area (Å²) in [5.41, 5.74) is 3.63. The molecule has 0 radical (unpaired) electrons. The first-order valence-electron chi connectivity index (χ1n) is 7.25. The maximum absolute atomic E-state index is 4.54. The largest absolute Gasteiger partial charge is 0.313 e. The van der Waals surface area contributed by atoms with Gasteiger partial charge >= 0.3 is 0 Å². The molecule has 112 valence electrons. The van der Waals surface area contributed by atoms with Crippen LogP contribution in [0.2, 0.25) is 0 Å². The van der Waals surface area contributed by atoms with Crippen molar-refractivity contribution < 1.29 is 0 Å². The number of nitrogens with one attached hydrogen (secondary N) is 1. The monoisotopic (exact) mass is 347 g/mol. The lowest BCUT2D eigenvalue weighted by atomic mass is 10.2. The van der Waals surface area contributed by atoms with E-state index in [1.165, 1.54) is 11.1 Å². The summed E-state index contributed by atoms with van der Waals surface area (Å²) < 4.78 is 1.16. The van der Waals surface area contributed by atoms with E-state index < -0.39 is 0 Å². The number of hydrogen-bond donors (Lipinski definition) is 1. The second-order valence-corrected chi connectivity index (χ2v) is 6.06. The molecule has 0 unspecified atom stereocenters. The summed E-state index contributed by atoms with van der Waals surface area (Å²) in [4.78, 5) is 6.81. The fourth-order valence-electron chi connectivity index (χ4n) is 2.17. The molecule has 0 fully saturated rings. The van der Waals surface area contributed by atoms with Gasteiger partial charge in [0, 0.05) is 30.3 Å². The second kappa shape index (κ2) is 8.27. The van der Waals surface area contributed by atoms with Crippen molar-refractivity contribution in [3.05, 3.63) is 63.9 Å². The SMILES string of the molecule is CCNCc1ccc(CN(C)Cc2ccccc2Br)nc1. The van der Waals surface area contributed by atoms with Crippen molar-refractivity contribution >= 4 is 15.9 Å². The first-order valence-corrected chi connectivity index (χ1v) is 8.05. The summed E-state index contributed by atoms with van der Waals surface area (Å²) in [6.45, 7) is 5.73. The molecule has 0 spiro atoms. The molecule has 2 rings (SSSR count). The van der Waals surface area contributed by atoms with Crippen molar-refractivity contribution in [2.75, 3.05) is 13.6 Å². The van der Waals surface area contributed by atoms with Gasteiger partial charge in [-0.2, -0.15) is 0 Å². The van der Waals surface area contributed by atoms with Crippen LogP contribution in [0.25, 0.3) is 0 Å². The van der Waals surface area contributed by atoms with Crippen LogP contribution in [0.3, 0.4) is 0 Å². The third-order valence-electron chi connectivity index (χ3n) is 3.30. The first kappa shape index (κ1) is 16.1. The number of pyridine rings is 1. The predicted octanol–water partition coefficient (Wildman–Crippen LogP) is 3.59. The van der Waals surface area contributed by atoms with Gasteiger partial charge in [-0.1, -0.05) is 47.1 Å². The van der Waals surface area contributed by atoms with Crippen LogP contribution < -0.4 is 5.32 Å². The van der Waals surface area contributed by atoms with Crippen LogP contribution in [0, 0.1) is 0 Å². The van der Waals surface area contributed by atoms with Crippen molar-refractivity contribution in [3.8, 4) is 0 Å². The molecule has 4 heteroatoms. The zero-order chi connectivity index (χ0) is 15.1. The van der Waals surface area contributed by atoms with Crippen LogP contribution in [-0.2, 0) is 19.6 Å².